The molecule has 35 heavy (non-hydrogen) atoms. The Balaban J connectivity index is 1.28. The number of hydrogen-bond acceptors (Lipinski definition) is 6. The molecule has 4 aromatic rings. The maximum absolute atomic E-state index is 14.2. The van der Waals surface area contributed by atoms with E-state index in [1.807, 2.05) is 30.5 Å². The molecule has 1 fully saturated rings. The first-order valence-electron chi connectivity index (χ1n) is 11.7. The van der Waals surface area contributed by atoms with E-state index in [2.05, 4.69) is 25.5 Å². The zero-order valence-electron chi connectivity index (χ0n) is 19.3. The molecule has 8 nitrogen and oxygen atoms in total. The minimum absolute atomic E-state index is 0.151. The second-order valence-corrected chi connectivity index (χ2v) is 8.84. The van der Waals surface area contributed by atoms with Crippen molar-refractivity contribution >= 4 is 28.7 Å². The molecular formula is C26H25FN6O2. The largest absolute Gasteiger partial charge is 0.381 e. The van der Waals surface area contributed by atoms with Gasteiger partial charge in [-0.05, 0) is 48.7 Å². The van der Waals surface area contributed by atoms with Gasteiger partial charge in [0.15, 0.2) is 11.5 Å². The number of nitrogens with zero attached hydrogens (tertiary/aromatic N) is 4. The molecule has 1 amide bonds. The molecular weight excluding hydrogens is 447 g/mol. The zero-order chi connectivity index (χ0) is 23.9. The van der Waals surface area contributed by atoms with Crippen LogP contribution in [0.3, 0.4) is 0 Å². The van der Waals surface area contributed by atoms with Crippen LogP contribution < -0.4 is 15.5 Å². The molecule has 5 heterocycles. The summed E-state index contributed by atoms with van der Waals surface area (Å²) in [4.78, 5) is 23.9. The quantitative estimate of drug-likeness (QED) is 0.454. The van der Waals surface area contributed by atoms with Crippen molar-refractivity contribution in [2.75, 3.05) is 30.4 Å². The summed E-state index contributed by atoms with van der Waals surface area (Å²) in [5.74, 6) is 0.120. The molecule has 1 saturated heterocycles. The Labute approximate surface area is 201 Å². The Kier molecular flexibility index (Phi) is 5.33. The highest BCUT2D eigenvalue weighted by molar-refractivity contribution is 6.06. The van der Waals surface area contributed by atoms with E-state index in [1.54, 1.807) is 30.0 Å². The lowest BCUT2D eigenvalue weighted by Gasteiger charge is -2.32. The van der Waals surface area contributed by atoms with E-state index in [0.717, 1.165) is 48.4 Å². The van der Waals surface area contributed by atoms with Crippen LogP contribution in [0, 0.1) is 5.82 Å². The Morgan fingerprint density at radius 1 is 1.11 bits per heavy atom. The summed E-state index contributed by atoms with van der Waals surface area (Å²) >= 11 is 0. The number of halogens is 1. The van der Waals surface area contributed by atoms with Crippen molar-refractivity contribution in [3.05, 3.63) is 71.9 Å². The molecule has 6 rings (SSSR count). The molecule has 2 N–H and O–H groups in total. The highest BCUT2D eigenvalue weighted by atomic mass is 19.1. The normalized spacial score (nSPS) is 15.9. The number of carbonyl (C=O) groups is 1. The SMILES string of the molecule is COC1CCN(c2ccc(Nc3ccc(-c4cnc5c(F)cccn45)c4c3C(=O)NC4)nc2)CC1. The number of pyridine rings is 2. The Bertz CT molecular complexity index is 1410. The molecule has 0 spiro atoms. The number of ether oxygens (including phenoxy) is 1. The van der Waals surface area contributed by atoms with Crippen LogP contribution >= 0.6 is 0 Å². The molecule has 2 aliphatic heterocycles. The third kappa shape index (κ3) is 3.77. The molecule has 0 radical (unpaired) electrons. The maximum Gasteiger partial charge on any atom is 0.254 e. The highest BCUT2D eigenvalue weighted by Crippen LogP contribution is 2.35. The van der Waals surface area contributed by atoms with Crippen molar-refractivity contribution in [2.45, 2.75) is 25.5 Å². The van der Waals surface area contributed by atoms with Crippen molar-refractivity contribution < 1.29 is 13.9 Å². The number of imidazole rings is 1. The van der Waals surface area contributed by atoms with Crippen LogP contribution in [-0.4, -0.2) is 46.6 Å². The topological polar surface area (TPSA) is 83.8 Å². The summed E-state index contributed by atoms with van der Waals surface area (Å²) in [6.45, 7) is 2.27. The van der Waals surface area contributed by atoms with Gasteiger partial charge in [0.2, 0.25) is 0 Å². The van der Waals surface area contributed by atoms with Crippen LogP contribution in [0.4, 0.5) is 21.6 Å². The fourth-order valence-electron chi connectivity index (χ4n) is 5.00. The van der Waals surface area contributed by atoms with Crippen LogP contribution in [0.2, 0.25) is 0 Å². The Morgan fingerprint density at radius 3 is 2.74 bits per heavy atom. The fourth-order valence-corrected chi connectivity index (χ4v) is 5.00. The standard InChI is InChI=1S/C26H25FN6O2/c1-35-17-8-11-32(12-9-17)16-4-7-23(28-13-16)31-21-6-5-18(19-14-30-26(34)24(19)21)22-15-29-25-20(27)3-2-10-33(22)25/h2-7,10,13,15,17H,8-9,11-12,14H2,1H3,(H,28,31)(H,30,34). The van der Waals surface area contributed by atoms with E-state index in [4.69, 9.17) is 4.74 Å². The summed E-state index contributed by atoms with van der Waals surface area (Å²) in [5.41, 5.74) is 5.00. The first kappa shape index (κ1) is 21.5. The molecule has 1 aromatic carbocycles. The Hall–Kier alpha value is -3.98. The van der Waals surface area contributed by atoms with Gasteiger partial charge in [0.05, 0.1) is 41.1 Å². The minimum atomic E-state index is -0.388. The molecule has 0 unspecified atom stereocenters. The van der Waals surface area contributed by atoms with E-state index in [1.165, 1.54) is 6.07 Å². The molecule has 0 aliphatic carbocycles. The lowest BCUT2D eigenvalue weighted by molar-refractivity contribution is 0.0819. The molecule has 178 valence electrons. The van der Waals surface area contributed by atoms with Crippen molar-refractivity contribution in [3.63, 3.8) is 0 Å². The molecule has 0 bridgehead atoms. The van der Waals surface area contributed by atoms with Gasteiger partial charge in [-0.15, -0.1) is 0 Å². The lowest BCUT2D eigenvalue weighted by atomic mass is 9.99. The minimum Gasteiger partial charge on any atom is -0.381 e. The number of benzene rings is 1. The maximum atomic E-state index is 14.2. The van der Waals surface area contributed by atoms with Crippen LogP contribution in [0.25, 0.3) is 16.9 Å². The van der Waals surface area contributed by atoms with E-state index in [0.29, 0.717) is 29.7 Å². The molecule has 3 aromatic heterocycles. The number of methoxy groups -OCH3 is 1. The number of anilines is 3. The lowest BCUT2D eigenvalue weighted by Crippen LogP contribution is -2.36. The first-order chi connectivity index (χ1) is 17.1. The van der Waals surface area contributed by atoms with E-state index in [9.17, 15) is 9.18 Å². The predicted octanol–water partition coefficient (Wildman–Crippen LogP) is 4.14. The number of amides is 1. The van der Waals surface area contributed by atoms with Gasteiger partial charge in [0.1, 0.15) is 5.82 Å². The van der Waals surface area contributed by atoms with Gasteiger partial charge in [-0.25, -0.2) is 14.4 Å². The van der Waals surface area contributed by atoms with Crippen molar-refractivity contribution in [3.8, 4) is 11.3 Å². The summed E-state index contributed by atoms with van der Waals surface area (Å²) < 4.78 is 21.3. The van der Waals surface area contributed by atoms with Gasteiger partial charge in [-0.2, -0.15) is 0 Å². The molecule has 9 heteroatoms. The number of fused-ring (bicyclic) bond motifs is 2. The third-order valence-electron chi connectivity index (χ3n) is 6.88. The number of rotatable bonds is 5. The fraction of sp³-hybridized carbons (Fsp3) is 0.269. The smallest absolute Gasteiger partial charge is 0.254 e. The summed E-state index contributed by atoms with van der Waals surface area (Å²) in [5, 5.41) is 6.22. The monoisotopic (exact) mass is 472 g/mol. The van der Waals surface area contributed by atoms with Gasteiger partial charge < -0.3 is 20.3 Å². The second kappa shape index (κ2) is 8.66. The van der Waals surface area contributed by atoms with Crippen molar-refractivity contribution in [2.24, 2.45) is 0 Å². The van der Waals surface area contributed by atoms with E-state index < -0.39 is 0 Å². The predicted molar refractivity (Wildman–Crippen MR) is 132 cm³/mol. The van der Waals surface area contributed by atoms with Gasteiger partial charge >= 0.3 is 0 Å². The van der Waals surface area contributed by atoms with E-state index >= 15 is 0 Å². The summed E-state index contributed by atoms with van der Waals surface area (Å²) in [6.07, 6.45) is 7.60. The van der Waals surface area contributed by atoms with Gasteiger partial charge in [-0.1, -0.05) is 6.07 Å². The number of nitrogens with one attached hydrogen (secondary N) is 2. The summed E-state index contributed by atoms with van der Waals surface area (Å²) in [7, 11) is 1.77. The van der Waals surface area contributed by atoms with Gasteiger partial charge in [0, 0.05) is 38.5 Å². The second-order valence-electron chi connectivity index (χ2n) is 8.84. The molecule has 2 aliphatic rings. The Morgan fingerprint density at radius 2 is 1.97 bits per heavy atom. The van der Waals surface area contributed by atoms with Crippen molar-refractivity contribution in [1.82, 2.24) is 19.7 Å². The van der Waals surface area contributed by atoms with Crippen molar-refractivity contribution in [1.29, 1.82) is 0 Å². The average Bonchev–Trinajstić information content (AvgIpc) is 3.50. The number of piperidine rings is 1. The van der Waals surface area contributed by atoms with Gasteiger partial charge in [0.25, 0.3) is 5.91 Å². The average molecular weight is 473 g/mol. The molecule has 0 atom stereocenters. The van der Waals surface area contributed by atoms with Crippen LogP contribution in [0.5, 0.6) is 0 Å². The van der Waals surface area contributed by atoms with Crippen LogP contribution in [0.1, 0.15) is 28.8 Å². The highest BCUT2D eigenvalue weighted by Gasteiger charge is 2.27. The van der Waals surface area contributed by atoms with Crippen LogP contribution in [-0.2, 0) is 11.3 Å². The zero-order valence-corrected chi connectivity index (χ0v) is 19.3. The van der Waals surface area contributed by atoms with E-state index in [-0.39, 0.29) is 17.4 Å². The number of carbonyl (C=O) groups excluding carboxylic acids is 1. The van der Waals surface area contributed by atoms with Gasteiger partial charge in [-0.3, -0.25) is 9.20 Å². The first-order valence-corrected chi connectivity index (χ1v) is 11.7. The number of hydrogen-bond donors (Lipinski definition) is 2. The molecule has 0 saturated carbocycles. The van der Waals surface area contributed by atoms with Crippen LogP contribution in [0.15, 0.2) is 55.0 Å². The number of aromatic nitrogens is 3. The summed E-state index contributed by atoms with van der Waals surface area (Å²) in [6, 6.07) is 10.8. The third-order valence-corrected chi connectivity index (χ3v) is 6.88.